The summed E-state index contributed by atoms with van der Waals surface area (Å²) in [6, 6.07) is 0. The summed E-state index contributed by atoms with van der Waals surface area (Å²) in [5.41, 5.74) is 2.50. The molecule has 0 saturated carbocycles. The highest BCUT2D eigenvalue weighted by molar-refractivity contribution is 5.48. The third kappa shape index (κ3) is 2.94. The summed E-state index contributed by atoms with van der Waals surface area (Å²) in [5.74, 6) is 1.83. The average Bonchev–Trinajstić information content (AvgIpc) is 2.35. The molecule has 4 heteroatoms. The predicted octanol–water partition coefficient (Wildman–Crippen LogP) is 1.60. The highest BCUT2D eigenvalue weighted by Gasteiger charge is 2.17. The maximum atomic E-state index is 4.44. The van der Waals surface area contributed by atoms with Crippen LogP contribution in [0.1, 0.15) is 31.5 Å². The van der Waals surface area contributed by atoms with E-state index in [1.165, 1.54) is 17.7 Å². The molecule has 1 aromatic heterocycles. The van der Waals surface area contributed by atoms with E-state index < -0.39 is 0 Å². The van der Waals surface area contributed by atoms with Crippen molar-refractivity contribution in [2.24, 2.45) is 5.92 Å². The number of hydrogen-bond acceptors (Lipinski definition) is 4. The zero-order chi connectivity index (χ0) is 12.3. The van der Waals surface area contributed by atoms with Gasteiger partial charge in [0.25, 0.3) is 0 Å². The van der Waals surface area contributed by atoms with E-state index in [9.17, 15) is 0 Å². The van der Waals surface area contributed by atoms with E-state index in [-0.39, 0.29) is 0 Å². The normalized spacial score (nSPS) is 14.8. The van der Waals surface area contributed by atoms with Crippen LogP contribution in [-0.4, -0.2) is 30.1 Å². The third-order valence-corrected chi connectivity index (χ3v) is 3.26. The number of nitrogens with zero attached hydrogens (tertiary/aromatic N) is 3. The molecule has 0 unspecified atom stereocenters. The summed E-state index contributed by atoms with van der Waals surface area (Å²) in [5, 5.41) is 3.39. The van der Waals surface area contributed by atoms with Gasteiger partial charge in [0.2, 0.25) is 0 Å². The van der Waals surface area contributed by atoms with Crippen molar-refractivity contribution in [3.63, 3.8) is 0 Å². The Labute approximate surface area is 103 Å². The molecule has 17 heavy (non-hydrogen) atoms. The van der Waals surface area contributed by atoms with Gasteiger partial charge in [-0.25, -0.2) is 9.97 Å². The second-order valence-electron chi connectivity index (χ2n) is 5.15. The zero-order valence-corrected chi connectivity index (χ0v) is 11.0. The van der Waals surface area contributed by atoms with Crippen molar-refractivity contribution in [3.05, 3.63) is 17.6 Å². The summed E-state index contributed by atoms with van der Waals surface area (Å²) in [7, 11) is 2.12. The van der Waals surface area contributed by atoms with Crippen LogP contribution < -0.4 is 10.2 Å². The minimum Gasteiger partial charge on any atom is -0.359 e. The Hall–Kier alpha value is -1.16. The van der Waals surface area contributed by atoms with Gasteiger partial charge in [-0.1, -0.05) is 13.8 Å². The largest absolute Gasteiger partial charge is 0.359 e. The third-order valence-electron chi connectivity index (χ3n) is 3.26. The van der Waals surface area contributed by atoms with Crippen molar-refractivity contribution < 1.29 is 0 Å². The number of hydrogen-bond donors (Lipinski definition) is 1. The topological polar surface area (TPSA) is 41.1 Å². The first-order valence-corrected chi connectivity index (χ1v) is 6.43. The number of rotatable bonds is 4. The van der Waals surface area contributed by atoms with E-state index in [1.54, 1.807) is 6.33 Å². The molecule has 0 amide bonds. The van der Waals surface area contributed by atoms with Gasteiger partial charge < -0.3 is 10.2 Å². The Morgan fingerprint density at radius 2 is 2.24 bits per heavy atom. The van der Waals surface area contributed by atoms with Crippen molar-refractivity contribution in [1.29, 1.82) is 0 Å². The van der Waals surface area contributed by atoms with Crippen molar-refractivity contribution in [2.75, 3.05) is 25.0 Å². The molecule has 2 rings (SSSR count). The standard InChI is InChI=1S/C13H22N4/c1-10(2)5-7-17(3)13-11-8-14-6-4-12(11)15-9-16-13/h9-10,14H,4-8H2,1-3H3. The Morgan fingerprint density at radius 3 is 3.00 bits per heavy atom. The van der Waals surface area contributed by atoms with Crippen molar-refractivity contribution in [1.82, 2.24) is 15.3 Å². The summed E-state index contributed by atoms with van der Waals surface area (Å²) in [4.78, 5) is 11.1. The molecule has 2 heterocycles. The number of nitrogens with one attached hydrogen (secondary N) is 1. The fraction of sp³-hybridized carbons (Fsp3) is 0.692. The molecule has 1 N–H and O–H groups in total. The fourth-order valence-electron chi connectivity index (χ4n) is 2.14. The monoisotopic (exact) mass is 234 g/mol. The molecule has 0 fully saturated rings. The van der Waals surface area contributed by atoms with E-state index >= 15 is 0 Å². The van der Waals surface area contributed by atoms with Crippen LogP contribution in [-0.2, 0) is 13.0 Å². The van der Waals surface area contributed by atoms with E-state index in [2.05, 4.69) is 41.1 Å². The first kappa shape index (κ1) is 12.3. The van der Waals surface area contributed by atoms with Crippen LogP contribution in [0.4, 0.5) is 5.82 Å². The van der Waals surface area contributed by atoms with Crippen LogP contribution >= 0.6 is 0 Å². The molecular weight excluding hydrogens is 212 g/mol. The van der Waals surface area contributed by atoms with Gasteiger partial charge in [-0.15, -0.1) is 0 Å². The zero-order valence-electron chi connectivity index (χ0n) is 11.0. The van der Waals surface area contributed by atoms with E-state index in [1.807, 2.05) is 0 Å². The number of anilines is 1. The number of aromatic nitrogens is 2. The molecule has 0 aromatic carbocycles. The van der Waals surface area contributed by atoms with Gasteiger partial charge in [-0.2, -0.15) is 0 Å². The lowest BCUT2D eigenvalue weighted by atomic mass is 10.1. The van der Waals surface area contributed by atoms with Crippen LogP contribution in [0.3, 0.4) is 0 Å². The molecule has 1 aromatic rings. The van der Waals surface area contributed by atoms with Gasteiger partial charge in [-0.3, -0.25) is 0 Å². The second-order valence-corrected chi connectivity index (χ2v) is 5.15. The predicted molar refractivity (Wildman–Crippen MR) is 70.2 cm³/mol. The molecule has 1 aliphatic heterocycles. The van der Waals surface area contributed by atoms with Gasteiger partial charge in [0.1, 0.15) is 12.1 Å². The van der Waals surface area contributed by atoms with Crippen LogP contribution in [0.5, 0.6) is 0 Å². The highest BCUT2D eigenvalue weighted by Crippen LogP contribution is 2.21. The Bertz CT molecular complexity index is 376. The first-order chi connectivity index (χ1) is 8.18. The second kappa shape index (κ2) is 5.45. The lowest BCUT2D eigenvalue weighted by Gasteiger charge is -2.25. The van der Waals surface area contributed by atoms with Crippen molar-refractivity contribution in [3.8, 4) is 0 Å². The van der Waals surface area contributed by atoms with Gasteiger partial charge in [0, 0.05) is 38.7 Å². The summed E-state index contributed by atoms with van der Waals surface area (Å²) in [6.45, 7) is 7.49. The smallest absolute Gasteiger partial charge is 0.136 e. The summed E-state index contributed by atoms with van der Waals surface area (Å²) >= 11 is 0. The summed E-state index contributed by atoms with van der Waals surface area (Å²) in [6.07, 6.45) is 3.91. The molecule has 0 saturated heterocycles. The molecule has 94 valence electrons. The molecule has 0 atom stereocenters. The minimum absolute atomic E-state index is 0.730. The van der Waals surface area contributed by atoms with Gasteiger partial charge in [-0.05, 0) is 12.3 Å². The van der Waals surface area contributed by atoms with Crippen LogP contribution in [0.15, 0.2) is 6.33 Å². The van der Waals surface area contributed by atoms with E-state index in [0.29, 0.717) is 0 Å². The van der Waals surface area contributed by atoms with Gasteiger partial charge >= 0.3 is 0 Å². The Kier molecular flexibility index (Phi) is 3.94. The molecular formula is C13H22N4. The van der Waals surface area contributed by atoms with Crippen LogP contribution in [0.2, 0.25) is 0 Å². The Morgan fingerprint density at radius 1 is 1.41 bits per heavy atom. The van der Waals surface area contributed by atoms with Crippen LogP contribution in [0.25, 0.3) is 0 Å². The first-order valence-electron chi connectivity index (χ1n) is 6.43. The summed E-state index contributed by atoms with van der Waals surface area (Å²) < 4.78 is 0. The van der Waals surface area contributed by atoms with E-state index in [0.717, 1.165) is 37.8 Å². The molecule has 0 aliphatic carbocycles. The average molecular weight is 234 g/mol. The highest BCUT2D eigenvalue weighted by atomic mass is 15.2. The van der Waals surface area contributed by atoms with Crippen molar-refractivity contribution in [2.45, 2.75) is 33.2 Å². The SMILES string of the molecule is CC(C)CCN(C)c1ncnc2c1CNCC2. The molecule has 4 nitrogen and oxygen atoms in total. The van der Waals surface area contributed by atoms with Gasteiger partial charge in [0.05, 0.1) is 5.69 Å². The molecule has 0 spiro atoms. The molecule has 0 bridgehead atoms. The van der Waals surface area contributed by atoms with Crippen molar-refractivity contribution >= 4 is 5.82 Å². The van der Waals surface area contributed by atoms with Crippen LogP contribution in [0, 0.1) is 5.92 Å². The van der Waals surface area contributed by atoms with Gasteiger partial charge in [0.15, 0.2) is 0 Å². The Balaban J connectivity index is 2.14. The fourth-order valence-corrected chi connectivity index (χ4v) is 2.14. The lowest BCUT2D eigenvalue weighted by Crippen LogP contribution is -2.29. The van der Waals surface area contributed by atoms with E-state index in [4.69, 9.17) is 0 Å². The minimum atomic E-state index is 0.730. The molecule has 1 aliphatic rings. The quantitative estimate of drug-likeness (QED) is 0.859. The lowest BCUT2D eigenvalue weighted by molar-refractivity contribution is 0.577. The maximum absolute atomic E-state index is 4.44. The molecule has 0 radical (unpaired) electrons. The maximum Gasteiger partial charge on any atom is 0.136 e. The number of fused-ring (bicyclic) bond motifs is 1.